The third-order valence-electron chi connectivity index (χ3n) is 2.47. The minimum absolute atomic E-state index is 0.483. The maximum Gasteiger partial charge on any atom is 0.0641 e. The number of nitrogens with two attached hydrogens (primary N) is 1. The van der Waals surface area contributed by atoms with Gasteiger partial charge in [0.1, 0.15) is 0 Å². The van der Waals surface area contributed by atoms with Crippen LogP contribution in [0.25, 0.3) is 0 Å². The third kappa shape index (κ3) is 3.79. The Morgan fingerprint density at radius 2 is 2.25 bits per heavy atom. The largest absolute Gasteiger partial charge is 0.380 e. The van der Waals surface area contributed by atoms with E-state index < -0.39 is 0 Å². The molecule has 0 aliphatic heterocycles. The van der Waals surface area contributed by atoms with Gasteiger partial charge in [-0.3, -0.25) is 4.98 Å². The number of hydrogen-bond acceptors (Lipinski definition) is 4. The molecule has 0 amide bonds. The second-order valence-electron chi connectivity index (χ2n) is 3.49. The summed E-state index contributed by atoms with van der Waals surface area (Å²) in [5, 5.41) is 0. The molecule has 0 radical (unpaired) electrons. The number of likely N-dealkylation sites (N-methyl/N-ethyl adjacent to an activating group) is 1. The molecular formula is C12H21N3O. The summed E-state index contributed by atoms with van der Waals surface area (Å²) >= 11 is 0. The summed E-state index contributed by atoms with van der Waals surface area (Å²) < 4.78 is 5.36. The molecule has 2 N–H and O–H groups in total. The van der Waals surface area contributed by atoms with Crippen LogP contribution in [0.15, 0.2) is 18.3 Å². The zero-order valence-electron chi connectivity index (χ0n) is 10.1. The monoisotopic (exact) mass is 223 g/mol. The van der Waals surface area contributed by atoms with Gasteiger partial charge in [0.15, 0.2) is 0 Å². The lowest BCUT2D eigenvalue weighted by Gasteiger charge is -2.23. The zero-order chi connectivity index (χ0) is 11.8. The number of ether oxygens (including phenoxy) is 1. The van der Waals surface area contributed by atoms with Crippen LogP contribution < -0.4 is 10.6 Å². The molecule has 1 heterocycles. The van der Waals surface area contributed by atoms with Gasteiger partial charge in [0.05, 0.1) is 12.3 Å². The van der Waals surface area contributed by atoms with Crippen molar-refractivity contribution >= 4 is 5.69 Å². The van der Waals surface area contributed by atoms with Gasteiger partial charge in [-0.15, -0.1) is 0 Å². The van der Waals surface area contributed by atoms with E-state index in [-0.39, 0.29) is 0 Å². The SMILES string of the molecule is CCOCCN(CC)c1ccnc(CN)c1. The smallest absolute Gasteiger partial charge is 0.0641 e. The predicted molar refractivity (Wildman–Crippen MR) is 66.5 cm³/mol. The Bertz CT molecular complexity index is 304. The molecule has 0 unspecified atom stereocenters. The van der Waals surface area contributed by atoms with E-state index >= 15 is 0 Å². The van der Waals surface area contributed by atoms with Crippen molar-refractivity contribution in [2.24, 2.45) is 5.73 Å². The highest BCUT2D eigenvalue weighted by atomic mass is 16.5. The molecule has 0 aromatic carbocycles. The van der Waals surface area contributed by atoms with E-state index in [4.69, 9.17) is 10.5 Å². The summed E-state index contributed by atoms with van der Waals surface area (Å²) in [6.45, 7) is 8.01. The van der Waals surface area contributed by atoms with E-state index in [2.05, 4.69) is 16.8 Å². The van der Waals surface area contributed by atoms with Crippen LogP contribution in [0.2, 0.25) is 0 Å². The summed E-state index contributed by atoms with van der Waals surface area (Å²) in [5.41, 5.74) is 7.66. The molecule has 0 atom stereocenters. The van der Waals surface area contributed by atoms with Crippen LogP contribution in [0.1, 0.15) is 19.5 Å². The molecular weight excluding hydrogens is 202 g/mol. The molecule has 1 aromatic rings. The van der Waals surface area contributed by atoms with Crippen LogP contribution >= 0.6 is 0 Å². The molecule has 4 nitrogen and oxygen atoms in total. The number of aromatic nitrogens is 1. The first-order chi connectivity index (χ1) is 7.81. The minimum Gasteiger partial charge on any atom is -0.380 e. The number of rotatable bonds is 7. The van der Waals surface area contributed by atoms with Crippen molar-refractivity contribution in [3.8, 4) is 0 Å². The maximum atomic E-state index is 5.58. The lowest BCUT2D eigenvalue weighted by atomic mass is 10.3. The van der Waals surface area contributed by atoms with Gasteiger partial charge in [0.25, 0.3) is 0 Å². The van der Waals surface area contributed by atoms with Crippen LogP contribution in [-0.4, -0.2) is 31.3 Å². The van der Waals surface area contributed by atoms with Gasteiger partial charge in [0.2, 0.25) is 0 Å². The molecule has 0 fully saturated rings. The summed E-state index contributed by atoms with van der Waals surface area (Å²) in [7, 11) is 0. The van der Waals surface area contributed by atoms with Gasteiger partial charge in [0, 0.05) is 38.1 Å². The second kappa shape index (κ2) is 7.19. The topological polar surface area (TPSA) is 51.4 Å². The van der Waals surface area contributed by atoms with Gasteiger partial charge < -0.3 is 15.4 Å². The van der Waals surface area contributed by atoms with Crippen molar-refractivity contribution in [3.05, 3.63) is 24.0 Å². The molecule has 1 aromatic heterocycles. The minimum atomic E-state index is 0.483. The Balaban J connectivity index is 2.62. The summed E-state index contributed by atoms with van der Waals surface area (Å²) in [6.07, 6.45) is 1.81. The average molecular weight is 223 g/mol. The standard InChI is InChI=1S/C12H21N3O/c1-3-15(7-8-16-4-2)12-5-6-14-11(9-12)10-13/h5-6,9H,3-4,7-8,10,13H2,1-2H3. The van der Waals surface area contributed by atoms with Crippen LogP contribution in [0.5, 0.6) is 0 Å². The van der Waals surface area contributed by atoms with Crippen LogP contribution in [0.4, 0.5) is 5.69 Å². The highest BCUT2D eigenvalue weighted by Crippen LogP contribution is 2.13. The number of nitrogens with zero attached hydrogens (tertiary/aromatic N) is 2. The quantitative estimate of drug-likeness (QED) is 0.710. The van der Waals surface area contributed by atoms with Crippen molar-refractivity contribution in [3.63, 3.8) is 0 Å². The Hall–Kier alpha value is -1.13. The van der Waals surface area contributed by atoms with E-state index in [0.29, 0.717) is 6.54 Å². The molecule has 0 aliphatic rings. The number of anilines is 1. The molecule has 90 valence electrons. The fraction of sp³-hybridized carbons (Fsp3) is 0.583. The molecule has 16 heavy (non-hydrogen) atoms. The van der Waals surface area contributed by atoms with Gasteiger partial charge in [-0.25, -0.2) is 0 Å². The van der Waals surface area contributed by atoms with E-state index in [1.165, 1.54) is 0 Å². The Kier molecular flexibility index (Phi) is 5.82. The molecule has 0 saturated heterocycles. The van der Waals surface area contributed by atoms with Gasteiger partial charge in [-0.1, -0.05) is 0 Å². The maximum absolute atomic E-state index is 5.58. The molecule has 0 spiro atoms. The summed E-state index contributed by atoms with van der Waals surface area (Å²) in [6, 6.07) is 4.05. The fourth-order valence-corrected chi connectivity index (χ4v) is 1.56. The van der Waals surface area contributed by atoms with E-state index in [1.807, 2.05) is 19.1 Å². The van der Waals surface area contributed by atoms with Crippen molar-refractivity contribution < 1.29 is 4.74 Å². The molecule has 0 aliphatic carbocycles. The summed E-state index contributed by atoms with van der Waals surface area (Å²) in [5.74, 6) is 0. The van der Waals surface area contributed by atoms with E-state index in [1.54, 1.807) is 6.20 Å². The Morgan fingerprint density at radius 3 is 2.88 bits per heavy atom. The summed E-state index contributed by atoms with van der Waals surface area (Å²) in [4.78, 5) is 6.45. The van der Waals surface area contributed by atoms with Gasteiger partial charge in [-0.05, 0) is 26.0 Å². The van der Waals surface area contributed by atoms with Crippen molar-refractivity contribution in [2.75, 3.05) is 31.2 Å². The first-order valence-electron chi connectivity index (χ1n) is 5.79. The van der Waals surface area contributed by atoms with Crippen LogP contribution in [-0.2, 0) is 11.3 Å². The van der Waals surface area contributed by atoms with Crippen molar-refractivity contribution in [2.45, 2.75) is 20.4 Å². The average Bonchev–Trinajstić information content (AvgIpc) is 2.35. The predicted octanol–water partition coefficient (Wildman–Crippen LogP) is 1.40. The van der Waals surface area contributed by atoms with Gasteiger partial charge >= 0.3 is 0 Å². The number of pyridine rings is 1. The van der Waals surface area contributed by atoms with Crippen molar-refractivity contribution in [1.29, 1.82) is 0 Å². The lowest BCUT2D eigenvalue weighted by molar-refractivity contribution is 0.154. The van der Waals surface area contributed by atoms with Gasteiger partial charge in [-0.2, -0.15) is 0 Å². The first kappa shape index (κ1) is 12.9. The normalized spacial score (nSPS) is 10.4. The molecule has 0 saturated carbocycles. The second-order valence-corrected chi connectivity index (χ2v) is 3.49. The first-order valence-corrected chi connectivity index (χ1v) is 5.79. The zero-order valence-corrected chi connectivity index (χ0v) is 10.1. The van der Waals surface area contributed by atoms with Crippen LogP contribution in [0, 0.1) is 0 Å². The lowest BCUT2D eigenvalue weighted by Crippen LogP contribution is -2.27. The highest BCUT2D eigenvalue weighted by molar-refractivity contribution is 5.46. The van der Waals surface area contributed by atoms with Crippen LogP contribution in [0.3, 0.4) is 0 Å². The van der Waals surface area contributed by atoms with E-state index in [0.717, 1.165) is 37.7 Å². The molecule has 1 rings (SSSR count). The fourth-order valence-electron chi connectivity index (χ4n) is 1.56. The molecule has 4 heteroatoms. The molecule has 0 bridgehead atoms. The Labute approximate surface area is 97.4 Å². The highest BCUT2D eigenvalue weighted by Gasteiger charge is 2.04. The Morgan fingerprint density at radius 1 is 1.44 bits per heavy atom. The van der Waals surface area contributed by atoms with Crippen molar-refractivity contribution in [1.82, 2.24) is 4.98 Å². The van der Waals surface area contributed by atoms with E-state index in [9.17, 15) is 0 Å². The number of hydrogen-bond donors (Lipinski definition) is 1. The third-order valence-corrected chi connectivity index (χ3v) is 2.47.